The fraction of sp³-hybridized carbons (Fsp3) is 1.00. The van der Waals surface area contributed by atoms with Crippen molar-refractivity contribution in [1.82, 2.24) is 0 Å². The third-order valence-corrected chi connectivity index (χ3v) is 3.38. The molecule has 0 spiro atoms. The topological polar surface area (TPSA) is 0 Å². The number of alkyl halides is 1. The van der Waals surface area contributed by atoms with Gasteiger partial charge < -0.3 is 0 Å². The molecular weight excluding hydrogens is 139 g/mol. The average Bonchev–Trinajstić information content (AvgIpc) is 1.95. The van der Waals surface area contributed by atoms with Crippen LogP contribution in [0, 0.1) is 11.3 Å². The first-order valence-corrected chi connectivity index (χ1v) is 4.69. The third kappa shape index (κ3) is 1.94. The van der Waals surface area contributed by atoms with E-state index >= 15 is 0 Å². The molecule has 11 heavy (non-hydrogen) atoms. The molecule has 0 aliphatic heterocycles. The highest BCUT2D eigenvalue weighted by atomic mass is 19.1. The standard InChI is InChI=1S/C10H19F/c1-8-4-6-10(3,7-5-8)9(2)11/h8-9H,4-7H2,1-3H3. The molecule has 0 aromatic heterocycles. The van der Waals surface area contributed by atoms with Crippen molar-refractivity contribution in [3.8, 4) is 0 Å². The van der Waals surface area contributed by atoms with Gasteiger partial charge in [-0.3, -0.25) is 0 Å². The molecule has 1 rings (SSSR count). The van der Waals surface area contributed by atoms with Gasteiger partial charge >= 0.3 is 0 Å². The zero-order valence-electron chi connectivity index (χ0n) is 7.86. The molecule has 0 aromatic rings. The lowest BCUT2D eigenvalue weighted by molar-refractivity contribution is 0.0750. The summed E-state index contributed by atoms with van der Waals surface area (Å²) in [6.45, 7) is 6.06. The van der Waals surface area contributed by atoms with Crippen LogP contribution in [0.15, 0.2) is 0 Å². The van der Waals surface area contributed by atoms with Gasteiger partial charge in [-0.15, -0.1) is 0 Å². The first-order valence-electron chi connectivity index (χ1n) is 4.69. The first-order chi connectivity index (χ1) is 5.04. The maximum atomic E-state index is 13.1. The minimum Gasteiger partial charge on any atom is -0.247 e. The largest absolute Gasteiger partial charge is 0.247 e. The molecule has 0 heterocycles. The van der Waals surface area contributed by atoms with Gasteiger partial charge in [-0.2, -0.15) is 0 Å². The molecule has 0 aromatic carbocycles. The highest BCUT2D eigenvalue weighted by Gasteiger charge is 2.34. The van der Waals surface area contributed by atoms with Crippen LogP contribution in [0.25, 0.3) is 0 Å². The van der Waals surface area contributed by atoms with Crippen LogP contribution in [-0.2, 0) is 0 Å². The maximum absolute atomic E-state index is 13.1. The van der Waals surface area contributed by atoms with E-state index in [2.05, 4.69) is 13.8 Å². The number of hydrogen-bond acceptors (Lipinski definition) is 0. The second-order valence-corrected chi connectivity index (χ2v) is 4.45. The number of halogens is 1. The lowest BCUT2D eigenvalue weighted by Gasteiger charge is -2.37. The highest BCUT2D eigenvalue weighted by molar-refractivity contribution is 4.84. The summed E-state index contributed by atoms with van der Waals surface area (Å²) in [4.78, 5) is 0. The molecule has 1 heteroatoms. The van der Waals surface area contributed by atoms with Crippen LogP contribution in [0.4, 0.5) is 4.39 Å². The van der Waals surface area contributed by atoms with E-state index in [-0.39, 0.29) is 5.41 Å². The minimum absolute atomic E-state index is 0.00743. The Bertz CT molecular complexity index is 121. The molecular formula is C10H19F. The molecule has 1 atom stereocenters. The summed E-state index contributed by atoms with van der Waals surface area (Å²) in [5.74, 6) is 0.821. The molecule has 0 N–H and O–H groups in total. The summed E-state index contributed by atoms with van der Waals surface area (Å²) >= 11 is 0. The van der Waals surface area contributed by atoms with Crippen LogP contribution in [0.5, 0.6) is 0 Å². The van der Waals surface area contributed by atoms with E-state index in [4.69, 9.17) is 0 Å². The number of rotatable bonds is 1. The molecule has 1 saturated carbocycles. The molecule has 1 aliphatic rings. The van der Waals surface area contributed by atoms with Gasteiger partial charge in [-0.05, 0) is 31.1 Å². The Morgan fingerprint density at radius 1 is 1.36 bits per heavy atom. The fourth-order valence-corrected chi connectivity index (χ4v) is 1.82. The number of hydrogen-bond donors (Lipinski definition) is 0. The van der Waals surface area contributed by atoms with Gasteiger partial charge in [0.25, 0.3) is 0 Å². The SMILES string of the molecule is CC1CCC(C)(C(C)F)CC1. The van der Waals surface area contributed by atoms with Gasteiger partial charge in [0.15, 0.2) is 0 Å². The van der Waals surface area contributed by atoms with Crippen molar-refractivity contribution in [3.63, 3.8) is 0 Å². The van der Waals surface area contributed by atoms with Crippen molar-refractivity contribution in [1.29, 1.82) is 0 Å². The summed E-state index contributed by atoms with van der Waals surface area (Å²) in [6.07, 6.45) is 3.95. The molecule has 1 unspecified atom stereocenters. The van der Waals surface area contributed by atoms with E-state index < -0.39 is 6.17 Å². The predicted molar refractivity (Wildman–Crippen MR) is 46.3 cm³/mol. The van der Waals surface area contributed by atoms with E-state index in [0.29, 0.717) is 0 Å². The van der Waals surface area contributed by atoms with Gasteiger partial charge in [0.2, 0.25) is 0 Å². The van der Waals surface area contributed by atoms with Gasteiger partial charge in [0.1, 0.15) is 6.17 Å². The van der Waals surface area contributed by atoms with Gasteiger partial charge in [-0.25, -0.2) is 4.39 Å². The molecule has 0 nitrogen and oxygen atoms in total. The predicted octanol–water partition coefficient (Wildman–Crippen LogP) is 3.56. The molecule has 0 bridgehead atoms. The van der Waals surface area contributed by atoms with Crippen LogP contribution in [0.3, 0.4) is 0 Å². The Hall–Kier alpha value is -0.0700. The summed E-state index contributed by atoms with van der Waals surface area (Å²) in [5, 5.41) is 0. The van der Waals surface area contributed by atoms with E-state index in [9.17, 15) is 4.39 Å². The van der Waals surface area contributed by atoms with E-state index in [1.165, 1.54) is 12.8 Å². The lowest BCUT2D eigenvalue weighted by atomic mass is 9.70. The Balaban J connectivity index is 2.48. The highest BCUT2D eigenvalue weighted by Crippen LogP contribution is 2.41. The van der Waals surface area contributed by atoms with Crippen LogP contribution >= 0.6 is 0 Å². The van der Waals surface area contributed by atoms with Crippen molar-refractivity contribution in [3.05, 3.63) is 0 Å². The summed E-state index contributed by atoms with van der Waals surface area (Å²) < 4.78 is 13.1. The van der Waals surface area contributed by atoms with Crippen molar-refractivity contribution in [2.45, 2.75) is 52.6 Å². The first kappa shape index (κ1) is 9.02. The monoisotopic (exact) mass is 158 g/mol. The van der Waals surface area contributed by atoms with Crippen molar-refractivity contribution in [2.75, 3.05) is 0 Å². The normalized spacial score (nSPS) is 42.0. The Morgan fingerprint density at radius 2 is 1.82 bits per heavy atom. The van der Waals surface area contributed by atoms with Crippen molar-refractivity contribution in [2.24, 2.45) is 11.3 Å². The van der Waals surface area contributed by atoms with Crippen LogP contribution in [0.2, 0.25) is 0 Å². The summed E-state index contributed by atoms with van der Waals surface area (Å²) in [6, 6.07) is 0. The van der Waals surface area contributed by atoms with E-state index in [1.807, 2.05) is 0 Å². The zero-order chi connectivity index (χ0) is 8.48. The minimum atomic E-state index is -0.630. The molecule has 0 amide bonds. The quantitative estimate of drug-likeness (QED) is 0.547. The van der Waals surface area contributed by atoms with Gasteiger partial charge in [0, 0.05) is 0 Å². The van der Waals surface area contributed by atoms with Gasteiger partial charge in [-0.1, -0.05) is 26.7 Å². The maximum Gasteiger partial charge on any atom is 0.103 e. The second kappa shape index (κ2) is 3.12. The molecule has 66 valence electrons. The Labute approximate surface area is 69.2 Å². The smallest absolute Gasteiger partial charge is 0.103 e. The Kier molecular flexibility index (Phi) is 2.56. The fourth-order valence-electron chi connectivity index (χ4n) is 1.82. The van der Waals surface area contributed by atoms with Crippen molar-refractivity contribution < 1.29 is 4.39 Å². The summed E-state index contributed by atoms with van der Waals surface area (Å²) in [5.41, 5.74) is -0.00743. The second-order valence-electron chi connectivity index (χ2n) is 4.45. The summed E-state index contributed by atoms with van der Waals surface area (Å²) in [7, 11) is 0. The van der Waals surface area contributed by atoms with E-state index in [1.54, 1.807) is 6.92 Å². The molecule has 1 fully saturated rings. The van der Waals surface area contributed by atoms with Crippen LogP contribution in [0.1, 0.15) is 46.5 Å². The molecule has 1 aliphatic carbocycles. The Morgan fingerprint density at radius 3 is 2.18 bits per heavy atom. The zero-order valence-corrected chi connectivity index (χ0v) is 7.86. The van der Waals surface area contributed by atoms with E-state index in [0.717, 1.165) is 18.8 Å². The van der Waals surface area contributed by atoms with Crippen LogP contribution < -0.4 is 0 Å². The van der Waals surface area contributed by atoms with Crippen LogP contribution in [-0.4, -0.2) is 6.17 Å². The van der Waals surface area contributed by atoms with Crippen molar-refractivity contribution >= 4 is 0 Å². The lowest BCUT2D eigenvalue weighted by Crippen LogP contribution is -2.31. The molecule has 0 saturated heterocycles. The average molecular weight is 158 g/mol. The third-order valence-electron chi connectivity index (χ3n) is 3.38. The van der Waals surface area contributed by atoms with Gasteiger partial charge in [0.05, 0.1) is 0 Å². The molecule has 0 radical (unpaired) electrons.